The third-order valence-corrected chi connectivity index (χ3v) is 6.70. The van der Waals surface area contributed by atoms with Crippen molar-refractivity contribution in [3.63, 3.8) is 0 Å². The van der Waals surface area contributed by atoms with Gasteiger partial charge in [-0.15, -0.1) is 0 Å². The number of likely N-dealkylation sites (N-methyl/N-ethyl adjacent to an activating group) is 1. The zero-order valence-electron chi connectivity index (χ0n) is 15.3. The molecule has 0 aromatic heterocycles. The minimum absolute atomic E-state index is 0.156. The number of aryl methyl sites for hydroxylation is 1. The molecule has 0 spiro atoms. The Bertz CT molecular complexity index is 871. The first-order valence-electron chi connectivity index (χ1n) is 8.41. The van der Waals surface area contributed by atoms with Crippen LogP contribution >= 0.6 is 11.8 Å². The smallest absolute Gasteiger partial charge is 0.243 e. The average Bonchev–Trinajstić information content (AvgIpc) is 2.63. The lowest BCUT2D eigenvalue weighted by atomic mass is 10.2. The molecule has 8 heteroatoms. The summed E-state index contributed by atoms with van der Waals surface area (Å²) in [6.07, 6.45) is 0. The Labute approximate surface area is 164 Å². The molecule has 2 rings (SSSR count). The van der Waals surface area contributed by atoms with Crippen molar-refractivity contribution in [1.29, 1.82) is 0 Å². The highest BCUT2D eigenvalue weighted by Gasteiger charge is 2.22. The Hall–Kier alpha value is -1.90. The van der Waals surface area contributed by atoms with Crippen molar-refractivity contribution in [2.24, 2.45) is 0 Å². The third-order valence-electron chi connectivity index (χ3n) is 3.88. The summed E-state index contributed by atoms with van der Waals surface area (Å²) in [6.45, 7) is 2.00. The summed E-state index contributed by atoms with van der Waals surface area (Å²) >= 11 is 1.50. The Morgan fingerprint density at radius 3 is 2.48 bits per heavy atom. The molecule has 0 bridgehead atoms. The van der Waals surface area contributed by atoms with Crippen LogP contribution in [0, 0.1) is 12.7 Å². The standard InChI is InChI=1S/C19H23FN2O3S2/c1-15-7-9-17(10-8-15)27(24,25)22(2)13-19(23)21-11-12-26-14-16-5-3-4-6-18(16)20/h3-10H,11-14H2,1-2H3,(H,21,23). The van der Waals surface area contributed by atoms with Crippen LogP contribution in [0.1, 0.15) is 11.1 Å². The van der Waals surface area contributed by atoms with Crippen molar-refractivity contribution in [3.8, 4) is 0 Å². The van der Waals surface area contributed by atoms with Crippen LogP contribution < -0.4 is 5.32 Å². The lowest BCUT2D eigenvalue weighted by molar-refractivity contribution is -0.121. The molecule has 0 unspecified atom stereocenters. The van der Waals surface area contributed by atoms with Gasteiger partial charge in [-0.1, -0.05) is 35.9 Å². The van der Waals surface area contributed by atoms with Crippen LogP contribution in [0.5, 0.6) is 0 Å². The largest absolute Gasteiger partial charge is 0.354 e. The number of halogens is 1. The molecule has 0 saturated carbocycles. The van der Waals surface area contributed by atoms with Crippen molar-refractivity contribution in [2.75, 3.05) is 25.9 Å². The first-order valence-corrected chi connectivity index (χ1v) is 11.0. The number of hydrogen-bond acceptors (Lipinski definition) is 4. The van der Waals surface area contributed by atoms with Gasteiger partial charge in [0.25, 0.3) is 0 Å². The highest BCUT2D eigenvalue weighted by Crippen LogP contribution is 2.15. The minimum Gasteiger partial charge on any atom is -0.354 e. The van der Waals surface area contributed by atoms with E-state index < -0.39 is 10.0 Å². The first-order chi connectivity index (χ1) is 12.8. The van der Waals surface area contributed by atoms with Gasteiger partial charge in [0.1, 0.15) is 5.82 Å². The normalized spacial score (nSPS) is 11.6. The maximum atomic E-state index is 13.5. The molecule has 0 atom stereocenters. The van der Waals surface area contributed by atoms with Crippen molar-refractivity contribution in [1.82, 2.24) is 9.62 Å². The van der Waals surface area contributed by atoms with E-state index in [9.17, 15) is 17.6 Å². The summed E-state index contributed by atoms with van der Waals surface area (Å²) in [7, 11) is -2.32. The Balaban J connectivity index is 1.75. The van der Waals surface area contributed by atoms with Crippen molar-refractivity contribution in [2.45, 2.75) is 17.6 Å². The number of hydrogen-bond donors (Lipinski definition) is 1. The van der Waals surface area contributed by atoms with E-state index >= 15 is 0 Å². The zero-order valence-corrected chi connectivity index (χ0v) is 16.9. The van der Waals surface area contributed by atoms with E-state index in [4.69, 9.17) is 0 Å². The van der Waals surface area contributed by atoms with E-state index in [1.165, 1.54) is 37.0 Å². The molecule has 146 valence electrons. The number of carbonyl (C=O) groups excluding carboxylic acids is 1. The minimum atomic E-state index is -3.70. The Morgan fingerprint density at radius 2 is 1.81 bits per heavy atom. The van der Waals surface area contributed by atoms with Gasteiger partial charge >= 0.3 is 0 Å². The van der Waals surface area contributed by atoms with E-state index in [2.05, 4.69) is 5.32 Å². The van der Waals surface area contributed by atoms with Gasteiger partial charge in [0.05, 0.1) is 11.4 Å². The Morgan fingerprint density at radius 1 is 1.15 bits per heavy atom. The predicted molar refractivity (Wildman–Crippen MR) is 107 cm³/mol. The van der Waals surface area contributed by atoms with Crippen LogP contribution in [0.4, 0.5) is 4.39 Å². The van der Waals surface area contributed by atoms with Gasteiger partial charge in [0.15, 0.2) is 0 Å². The van der Waals surface area contributed by atoms with Gasteiger partial charge in [-0.05, 0) is 30.7 Å². The molecule has 0 aliphatic rings. The van der Waals surface area contributed by atoms with Crippen LogP contribution in [0.2, 0.25) is 0 Å². The highest BCUT2D eigenvalue weighted by molar-refractivity contribution is 7.98. The molecule has 0 fully saturated rings. The average molecular weight is 411 g/mol. The number of benzene rings is 2. The van der Waals surface area contributed by atoms with E-state index in [1.807, 2.05) is 6.92 Å². The number of nitrogens with one attached hydrogen (secondary N) is 1. The van der Waals surface area contributed by atoms with Crippen molar-refractivity contribution < 1.29 is 17.6 Å². The summed E-state index contributed by atoms with van der Waals surface area (Å²) in [6, 6.07) is 13.1. The molecular weight excluding hydrogens is 387 g/mol. The topological polar surface area (TPSA) is 66.5 Å². The maximum absolute atomic E-state index is 13.5. The molecule has 1 N–H and O–H groups in total. The van der Waals surface area contributed by atoms with Gasteiger partial charge in [0.2, 0.25) is 15.9 Å². The molecule has 0 aliphatic carbocycles. The van der Waals surface area contributed by atoms with Crippen LogP contribution in [-0.4, -0.2) is 44.5 Å². The predicted octanol–water partition coefficient (Wildman–Crippen LogP) is 2.80. The molecule has 1 amide bonds. The zero-order chi connectivity index (χ0) is 19.9. The molecule has 0 radical (unpaired) electrons. The number of rotatable bonds is 9. The first kappa shape index (κ1) is 21.4. The number of carbonyl (C=O) groups is 1. The van der Waals surface area contributed by atoms with Gasteiger partial charge < -0.3 is 5.32 Å². The SMILES string of the molecule is Cc1ccc(S(=O)(=O)N(C)CC(=O)NCCSCc2ccccc2F)cc1. The van der Waals surface area contributed by atoms with Crippen LogP contribution in [0.15, 0.2) is 53.4 Å². The maximum Gasteiger partial charge on any atom is 0.243 e. The van der Waals surface area contributed by atoms with Crippen LogP contribution in [-0.2, 0) is 20.6 Å². The number of amides is 1. The fraction of sp³-hybridized carbons (Fsp3) is 0.316. The molecule has 0 heterocycles. The molecular formula is C19H23FN2O3S2. The highest BCUT2D eigenvalue weighted by atomic mass is 32.2. The van der Waals surface area contributed by atoms with Crippen LogP contribution in [0.3, 0.4) is 0 Å². The van der Waals surface area contributed by atoms with Gasteiger partial charge in [0, 0.05) is 25.1 Å². The summed E-state index contributed by atoms with van der Waals surface area (Å²) < 4.78 is 39.4. The lowest BCUT2D eigenvalue weighted by Crippen LogP contribution is -2.39. The summed E-state index contributed by atoms with van der Waals surface area (Å²) in [5.41, 5.74) is 1.58. The monoisotopic (exact) mass is 410 g/mol. The lowest BCUT2D eigenvalue weighted by Gasteiger charge is -2.17. The summed E-state index contributed by atoms with van der Waals surface area (Å²) in [5.74, 6) is 0.510. The number of thioether (sulfide) groups is 1. The van der Waals surface area contributed by atoms with Crippen molar-refractivity contribution >= 4 is 27.7 Å². The van der Waals surface area contributed by atoms with Gasteiger partial charge in [-0.25, -0.2) is 12.8 Å². The van der Waals surface area contributed by atoms with E-state index in [-0.39, 0.29) is 23.2 Å². The van der Waals surface area contributed by atoms with Crippen LogP contribution in [0.25, 0.3) is 0 Å². The van der Waals surface area contributed by atoms with Crippen molar-refractivity contribution in [3.05, 3.63) is 65.5 Å². The van der Waals surface area contributed by atoms with E-state index in [1.54, 1.807) is 30.3 Å². The molecule has 0 saturated heterocycles. The number of nitrogens with zero attached hydrogens (tertiary/aromatic N) is 1. The molecule has 5 nitrogen and oxygen atoms in total. The second-order valence-electron chi connectivity index (χ2n) is 6.07. The molecule has 2 aromatic rings. The second-order valence-corrected chi connectivity index (χ2v) is 9.22. The second kappa shape index (κ2) is 9.87. The number of sulfonamides is 1. The van der Waals surface area contributed by atoms with E-state index in [0.29, 0.717) is 23.6 Å². The fourth-order valence-corrected chi connectivity index (χ4v) is 4.27. The Kier molecular flexibility index (Phi) is 7.82. The molecule has 0 aliphatic heterocycles. The van der Waals surface area contributed by atoms with Gasteiger partial charge in [-0.3, -0.25) is 4.79 Å². The van der Waals surface area contributed by atoms with Gasteiger partial charge in [-0.2, -0.15) is 16.1 Å². The third kappa shape index (κ3) is 6.34. The molecule has 27 heavy (non-hydrogen) atoms. The fourth-order valence-electron chi connectivity index (χ4n) is 2.29. The quantitative estimate of drug-likeness (QED) is 0.646. The molecule has 2 aromatic carbocycles. The van der Waals surface area contributed by atoms with E-state index in [0.717, 1.165) is 9.87 Å². The summed E-state index contributed by atoms with van der Waals surface area (Å²) in [5, 5.41) is 2.69. The summed E-state index contributed by atoms with van der Waals surface area (Å²) in [4.78, 5) is 12.1.